The van der Waals surface area contributed by atoms with Crippen molar-refractivity contribution in [2.24, 2.45) is 0 Å². The lowest BCUT2D eigenvalue weighted by Gasteiger charge is -2.27. The first-order valence-electron chi connectivity index (χ1n) is 10.3. The van der Waals surface area contributed by atoms with Gasteiger partial charge >= 0.3 is 0 Å². The van der Waals surface area contributed by atoms with E-state index in [1.54, 1.807) is 37.3 Å². The number of hydrogen-bond donors (Lipinski definition) is 2. The Hall–Kier alpha value is -2.91. The summed E-state index contributed by atoms with van der Waals surface area (Å²) >= 11 is 0. The Labute approximate surface area is 181 Å². The summed E-state index contributed by atoms with van der Waals surface area (Å²) in [6.07, 6.45) is 2.66. The molecule has 1 fully saturated rings. The molecular formula is C22H25N3O5S. The third-order valence-electron chi connectivity index (χ3n) is 5.55. The molecule has 1 saturated heterocycles. The van der Waals surface area contributed by atoms with Crippen LogP contribution < -0.4 is 15.4 Å². The number of carbonyl (C=O) groups excluding carboxylic acids is 2. The number of nitrogens with zero attached hydrogens (tertiary/aromatic N) is 1. The molecular weight excluding hydrogens is 418 g/mol. The maximum Gasteiger partial charge on any atom is 0.262 e. The summed E-state index contributed by atoms with van der Waals surface area (Å²) in [5, 5.41) is 5.61. The van der Waals surface area contributed by atoms with Crippen molar-refractivity contribution in [3.8, 4) is 5.75 Å². The van der Waals surface area contributed by atoms with Gasteiger partial charge < -0.3 is 15.4 Å². The van der Waals surface area contributed by atoms with E-state index < -0.39 is 22.0 Å². The lowest BCUT2D eigenvalue weighted by atomic mass is 10.1. The van der Waals surface area contributed by atoms with E-state index in [1.807, 2.05) is 0 Å². The highest BCUT2D eigenvalue weighted by Gasteiger charge is 2.30. The highest BCUT2D eigenvalue weighted by Crippen LogP contribution is 2.31. The summed E-state index contributed by atoms with van der Waals surface area (Å²) in [5.41, 5.74) is 1.42. The van der Waals surface area contributed by atoms with Crippen molar-refractivity contribution < 1.29 is 22.7 Å². The smallest absolute Gasteiger partial charge is 0.262 e. The van der Waals surface area contributed by atoms with Crippen LogP contribution in [0.2, 0.25) is 0 Å². The number of amides is 2. The van der Waals surface area contributed by atoms with Gasteiger partial charge in [0.2, 0.25) is 10.0 Å². The molecule has 0 spiro atoms. The third-order valence-corrected chi connectivity index (χ3v) is 7.51. The summed E-state index contributed by atoms with van der Waals surface area (Å²) in [6.45, 7) is 2.71. The van der Waals surface area contributed by atoms with Crippen LogP contribution in [-0.2, 0) is 14.8 Å². The fraction of sp³-hybridized carbons (Fsp3) is 0.364. The molecule has 2 aromatic carbocycles. The lowest BCUT2D eigenvalue weighted by Crippen LogP contribution is -2.37. The molecule has 1 atom stereocenters. The van der Waals surface area contributed by atoms with Gasteiger partial charge in [-0.2, -0.15) is 4.31 Å². The Bertz CT molecular complexity index is 1110. The monoisotopic (exact) mass is 443 g/mol. The van der Waals surface area contributed by atoms with Gasteiger partial charge in [-0.15, -0.1) is 0 Å². The average Bonchev–Trinajstić information content (AvgIpc) is 2.79. The molecule has 8 nitrogen and oxygen atoms in total. The van der Waals surface area contributed by atoms with Crippen LogP contribution in [0.1, 0.15) is 48.1 Å². The number of piperidine rings is 1. The standard InChI is InChI=1S/C22H25N3O5S/c1-15(16-9-10-19-18(13-16)24-21(26)14-30-19)23-22(27)17-7-3-4-8-20(17)31(28,29)25-11-5-2-6-12-25/h3-4,7-10,13,15H,2,5-6,11-12,14H2,1H3,(H,23,27)(H,24,26). The number of hydrogen-bond acceptors (Lipinski definition) is 5. The van der Waals surface area contributed by atoms with Gasteiger partial charge in [-0.05, 0) is 49.6 Å². The summed E-state index contributed by atoms with van der Waals surface area (Å²) in [6, 6.07) is 11.2. The van der Waals surface area contributed by atoms with Crippen molar-refractivity contribution in [3.63, 3.8) is 0 Å². The summed E-state index contributed by atoms with van der Waals surface area (Å²) in [4.78, 5) is 24.6. The molecule has 0 aromatic heterocycles. The van der Waals surface area contributed by atoms with Gasteiger partial charge in [-0.25, -0.2) is 8.42 Å². The molecule has 164 valence electrons. The van der Waals surface area contributed by atoms with E-state index in [1.165, 1.54) is 16.4 Å². The molecule has 2 heterocycles. The lowest BCUT2D eigenvalue weighted by molar-refractivity contribution is -0.118. The zero-order valence-electron chi connectivity index (χ0n) is 17.3. The van der Waals surface area contributed by atoms with Crippen LogP contribution in [0.3, 0.4) is 0 Å². The first-order valence-corrected chi connectivity index (χ1v) is 11.8. The van der Waals surface area contributed by atoms with Crippen molar-refractivity contribution in [2.75, 3.05) is 25.0 Å². The zero-order chi connectivity index (χ0) is 22.0. The molecule has 2 aliphatic heterocycles. The summed E-state index contributed by atoms with van der Waals surface area (Å²) in [5.74, 6) is -0.139. The number of anilines is 1. The Morgan fingerprint density at radius 2 is 1.87 bits per heavy atom. The number of benzene rings is 2. The minimum absolute atomic E-state index is 0.0210. The maximum atomic E-state index is 13.2. The van der Waals surface area contributed by atoms with Crippen molar-refractivity contribution in [1.29, 1.82) is 0 Å². The second-order valence-corrected chi connectivity index (χ2v) is 9.65. The predicted octanol–water partition coefficient (Wildman–Crippen LogP) is 2.68. The predicted molar refractivity (Wildman–Crippen MR) is 115 cm³/mol. The van der Waals surface area contributed by atoms with Crippen LogP contribution in [0.25, 0.3) is 0 Å². The van der Waals surface area contributed by atoms with Crippen LogP contribution in [-0.4, -0.2) is 44.2 Å². The first kappa shape index (κ1) is 21.3. The van der Waals surface area contributed by atoms with Crippen LogP contribution in [0.5, 0.6) is 5.75 Å². The largest absolute Gasteiger partial charge is 0.482 e. The van der Waals surface area contributed by atoms with E-state index >= 15 is 0 Å². The summed E-state index contributed by atoms with van der Waals surface area (Å²) in [7, 11) is -3.75. The molecule has 0 aliphatic carbocycles. The van der Waals surface area contributed by atoms with Crippen molar-refractivity contribution in [3.05, 3.63) is 53.6 Å². The maximum absolute atomic E-state index is 13.2. The Morgan fingerprint density at radius 1 is 1.13 bits per heavy atom. The van der Waals surface area contributed by atoms with Crippen LogP contribution in [0.15, 0.2) is 47.4 Å². The molecule has 2 amide bonds. The second-order valence-electron chi connectivity index (χ2n) is 7.75. The zero-order valence-corrected chi connectivity index (χ0v) is 18.1. The van der Waals surface area contributed by atoms with Gasteiger partial charge in [0.25, 0.3) is 11.8 Å². The van der Waals surface area contributed by atoms with Gasteiger partial charge in [-0.3, -0.25) is 9.59 Å². The molecule has 0 saturated carbocycles. The molecule has 0 bridgehead atoms. The van der Waals surface area contributed by atoms with Crippen molar-refractivity contribution in [2.45, 2.75) is 37.1 Å². The Kier molecular flexibility index (Phi) is 5.97. The Balaban J connectivity index is 1.56. The van der Waals surface area contributed by atoms with E-state index in [0.717, 1.165) is 24.8 Å². The van der Waals surface area contributed by atoms with Crippen LogP contribution in [0, 0.1) is 0 Å². The number of sulfonamides is 1. The van der Waals surface area contributed by atoms with Crippen molar-refractivity contribution >= 4 is 27.5 Å². The fourth-order valence-corrected chi connectivity index (χ4v) is 5.56. The highest BCUT2D eigenvalue weighted by molar-refractivity contribution is 7.89. The molecule has 2 aromatic rings. The molecule has 1 unspecified atom stereocenters. The van der Waals surface area contributed by atoms with E-state index in [-0.39, 0.29) is 23.0 Å². The van der Waals surface area contributed by atoms with E-state index in [0.29, 0.717) is 24.5 Å². The van der Waals surface area contributed by atoms with Crippen molar-refractivity contribution in [1.82, 2.24) is 9.62 Å². The SMILES string of the molecule is CC(NC(=O)c1ccccc1S(=O)(=O)N1CCCCC1)c1ccc2c(c1)NC(=O)CO2. The first-order chi connectivity index (χ1) is 14.9. The number of fused-ring (bicyclic) bond motifs is 1. The minimum atomic E-state index is -3.75. The van der Waals surface area contributed by atoms with E-state index in [4.69, 9.17) is 4.74 Å². The minimum Gasteiger partial charge on any atom is -0.482 e. The van der Waals surface area contributed by atoms with Gasteiger partial charge in [0.1, 0.15) is 5.75 Å². The molecule has 2 N–H and O–H groups in total. The van der Waals surface area contributed by atoms with E-state index in [2.05, 4.69) is 10.6 Å². The number of carbonyl (C=O) groups is 2. The normalized spacial score (nSPS) is 17.8. The van der Waals surface area contributed by atoms with Gasteiger partial charge in [0.05, 0.1) is 22.2 Å². The topological polar surface area (TPSA) is 105 Å². The highest BCUT2D eigenvalue weighted by atomic mass is 32.2. The number of nitrogens with one attached hydrogen (secondary N) is 2. The fourth-order valence-electron chi connectivity index (χ4n) is 3.85. The Morgan fingerprint density at radius 3 is 2.65 bits per heavy atom. The van der Waals surface area contributed by atoms with Gasteiger partial charge in [-0.1, -0.05) is 24.6 Å². The average molecular weight is 444 g/mol. The molecule has 4 rings (SSSR count). The van der Waals surface area contributed by atoms with E-state index in [9.17, 15) is 18.0 Å². The number of rotatable bonds is 5. The van der Waals surface area contributed by atoms with Gasteiger partial charge in [0, 0.05) is 13.1 Å². The molecule has 0 radical (unpaired) electrons. The third kappa shape index (κ3) is 4.42. The van der Waals surface area contributed by atoms with Gasteiger partial charge in [0.15, 0.2) is 6.61 Å². The van der Waals surface area contributed by atoms with Crippen LogP contribution in [0.4, 0.5) is 5.69 Å². The quantitative estimate of drug-likeness (QED) is 0.739. The molecule has 9 heteroatoms. The summed E-state index contributed by atoms with van der Waals surface area (Å²) < 4.78 is 33.1. The molecule has 2 aliphatic rings. The second kappa shape index (κ2) is 8.68. The molecule has 31 heavy (non-hydrogen) atoms. The number of ether oxygens (including phenoxy) is 1. The van der Waals surface area contributed by atoms with Crippen LogP contribution >= 0.6 is 0 Å².